The van der Waals surface area contributed by atoms with Crippen molar-refractivity contribution in [2.75, 3.05) is 0 Å². The molecule has 0 aliphatic carbocycles. The number of hydrogen-bond donors (Lipinski definition) is 1. The van der Waals surface area contributed by atoms with Gasteiger partial charge < -0.3 is 0 Å². The summed E-state index contributed by atoms with van der Waals surface area (Å²) < 4.78 is 1.56. The smallest absolute Gasteiger partial charge is 0.283 e. The minimum absolute atomic E-state index is 0.128. The molecule has 0 unspecified atom stereocenters. The third-order valence-electron chi connectivity index (χ3n) is 2.06. The lowest BCUT2D eigenvalue weighted by atomic mass is 10.3. The average molecular weight is 193 g/mol. The van der Waals surface area contributed by atoms with Crippen molar-refractivity contribution in [2.24, 2.45) is 0 Å². The van der Waals surface area contributed by atoms with E-state index in [2.05, 4.69) is 27.3 Å². The molecule has 0 amide bonds. The highest BCUT2D eigenvalue weighted by atomic mass is 16.1. The number of nitrogens with one attached hydrogen (secondary N) is 1. The summed E-state index contributed by atoms with van der Waals surface area (Å²) in [5.41, 5.74) is 0.559. The molecule has 0 saturated carbocycles. The molecule has 2 rings (SSSR count). The van der Waals surface area contributed by atoms with Gasteiger partial charge in [0.25, 0.3) is 5.56 Å². The normalized spacial score (nSPS) is 10.9. The molecule has 2 aromatic rings. The third kappa shape index (κ3) is 1.39. The first-order chi connectivity index (χ1) is 6.83. The minimum Gasteiger partial charge on any atom is -0.297 e. The highest BCUT2D eigenvalue weighted by Crippen LogP contribution is 1.97. The lowest BCUT2D eigenvalue weighted by molar-refractivity contribution is 0.607. The van der Waals surface area contributed by atoms with E-state index < -0.39 is 0 Å². The Morgan fingerprint density at radius 3 is 3.14 bits per heavy atom. The maximum absolute atomic E-state index is 11.7. The van der Waals surface area contributed by atoms with Gasteiger partial charge in [-0.1, -0.05) is 13.3 Å². The summed E-state index contributed by atoms with van der Waals surface area (Å²) in [6.45, 7) is 2.76. The van der Waals surface area contributed by atoms with Gasteiger partial charge in [0.1, 0.15) is 6.33 Å². The second-order valence-electron chi connectivity index (χ2n) is 3.09. The minimum atomic E-state index is -0.128. The van der Waals surface area contributed by atoms with Crippen molar-refractivity contribution in [3.8, 4) is 0 Å². The fraction of sp³-hybridized carbons (Fsp3) is 0.500. The Morgan fingerprint density at radius 1 is 1.50 bits per heavy atom. The zero-order valence-electron chi connectivity index (χ0n) is 7.90. The molecule has 6 heteroatoms. The van der Waals surface area contributed by atoms with E-state index in [9.17, 15) is 4.79 Å². The van der Waals surface area contributed by atoms with Gasteiger partial charge in [-0.05, 0) is 6.42 Å². The summed E-state index contributed by atoms with van der Waals surface area (Å²) in [5, 5.41) is 9.88. The Kier molecular flexibility index (Phi) is 2.26. The molecule has 0 radical (unpaired) electrons. The molecular formula is C8H11N5O. The van der Waals surface area contributed by atoms with Crippen LogP contribution < -0.4 is 5.56 Å². The summed E-state index contributed by atoms with van der Waals surface area (Å²) in [7, 11) is 0. The van der Waals surface area contributed by atoms with E-state index in [1.165, 1.54) is 6.33 Å². The number of aromatic nitrogens is 5. The molecule has 6 nitrogen and oxygen atoms in total. The van der Waals surface area contributed by atoms with E-state index in [1.807, 2.05) is 0 Å². The fourth-order valence-corrected chi connectivity index (χ4v) is 1.26. The maximum Gasteiger partial charge on any atom is 0.283 e. The second kappa shape index (κ2) is 3.57. The first-order valence-electron chi connectivity index (χ1n) is 4.59. The quantitative estimate of drug-likeness (QED) is 0.761. The molecule has 0 spiro atoms. The average Bonchev–Trinajstić information content (AvgIpc) is 2.66. The van der Waals surface area contributed by atoms with Crippen LogP contribution in [0.25, 0.3) is 11.2 Å². The van der Waals surface area contributed by atoms with Crippen molar-refractivity contribution in [2.45, 2.75) is 26.3 Å². The lowest BCUT2D eigenvalue weighted by Crippen LogP contribution is -2.20. The van der Waals surface area contributed by atoms with Crippen LogP contribution in [0.15, 0.2) is 11.1 Å². The van der Waals surface area contributed by atoms with Gasteiger partial charge in [0, 0.05) is 6.54 Å². The van der Waals surface area contributed by atoms with Crippen LogP contribution >= 0.6 is 0 Å². The molecule has 0 fully saturated rings. The standard InChI is InChI=1S/C8H11N5O/c1-2-3-4-13-5-9-7-6(8(13)14)10-12-11-7/h5H,2-4H2,1H3,(H,10,11,12). The molecule has 14 heavy (non-hydrogen) atoms. The van der Waals surface area contributed by atoms with Gasteiger partial charge >= 0.3 is 0 Å². The Morgan fingerprint density at radius 2 is 2.36 bits per heavy atom. The molecule has 0 saturated heterocycles. The van der Waals surface area contributed by atoms with Crippen molar-refractivity contribution in [1.29, 1.82) is 0 Å². The van der Waals surface area contributed by atoms with Crippen LogP contribution in [0, 0.1) is 0 Å². The monoisotopic (exact) mass is 193 g/mol. The molecule has 1 N–H and O–H groups in total. The molecule has 0 aromatic carbocycles. The second-order valence-corrected chi connectivity index (χ2v) is 3.09. The predicted molar refractivity (Wildman–Crippen MR) is 50.9 cm³/mol. The zero-order chi connectivity index (χ0) is 9.97. The molecule has 74 valence electrons. The topological polar surface area (TPSA) is 76.5 Å². The highest BCUT2D eigenvalue weighted by molar-refractivity contribution is 5.66. The number of nitrogens with zero attached hydrogens (tertiary/aromatic N) is 4. The van der Waals surface area contributed by atoms with Crippen LogP contribution in [0.1, 0.15) is 19.8 Å². The fourth-order valence-electron chi connectivity index (χ4n) is 1.26. The van der Waals surface area contributed by atoms with Crippen LogP contribution in [0.4, 0.5) is 0 Å². The number of H-pyrrole nitrogens is 1. The van der Waals surface area contributed by atoms with E-state index in [4.69, 9.17) is 0 Å². The van der Waals surface area contributed by atoms with E-state index in [0.29, 0.717) is 17.7 Å². The first kappa shape index (κ1) is 8.86. The van der Waals surface area contributed by atoms with Crippen LogP contribution in [0.2, 0.25) is 0 Å². The van der Waals surface area contributed by atoms with Crippen LogP contribution in [0.5, 0.6) is 0 Å². The Labute approximate surface area is 80.0 Å². The van der Waals surface area contributed by atoms with Crippen molar-refractivity contribution in [1.82, 2.24) is 25.0 Å². The van der Waals surface area contributed by atoms with E-state index in [-0.39, 0.29) is 5.56 Å². The van der Waals surface area contributed by atoms with Crippen LogP contribution in [-0.4, -0.2) is 25.0 Å². The molecule has 0 atom stereocenters. The van der Waals surface area contributed by atoms with E-state index in [1.54, 1.807) is 4.57 Å². The SMILES string of the molecule is CCCCn1cnc2n[nH]nc2c1=O. The van der Waals surface area contributed by atoms with Gasteiger partial charge in [-0.25, -0.2) is 4.98 Å². The van der Waals surface area contributed by atoms with Gasteiger partial charge in [0.2, 0.25) is 5.65 Å². The molecule has 0 aliphatic rings. The summed E-state index contributed by atoms with van der Waals surface area (Å²) >= 11 is 0. The number of hydrogen-bond acceptors (Lipinski definition) is 4. The maximum atomic E-state index is 11.7. The Balaban J connectivity index is 2.46. The number of unbranched alkanes of at least 4 members (excludes halogenated alkanes) is 1. The first-order valence-corrected chi connectivity index (χ1v) is 4.59. The van der Waals surface area contributed by atoms with Crippen LogP contribution in [-0.2, 0) is 6.54 Å². The van der Waals surface area contributed by atoms with Crippen LogP contribution in [0.3, 0.4) is 0 Å². The third-order valence-corrected chi connectivity index (χ3v) is 2.06. The van der Waals surface area contributed by atoms with Crippen molar-refractivity contribution >= 4 is 11.2 Å². The lowest BCUT2D eigenvalue weighted by Gasteiger charge is -2.01. The number of rotatable bonds is 3. The zero-order valence-corrected chi connectivity index (χ0v) is 7.90. The van der Waals surface area contributed by atoms with Gasteiger partial charge in [-0.3, -0.25) is 9.36 Å². The molecule has 0 aliphatic heterocycles. The van der Waals surface area contributed by atoms with Crippen molar-refractivity contribution in [3.63, 3.8) is 0 Å². The largest absolute Gasteiger partial charge is 0.297 e. The molecule has 2 heterocycles. The summed E-state index contributed by atoms with van der Waals surface area (Å²) in [6.07, 6.45) is 3.52. The van der Waals surface area contributed by atoms with Gasteiger partial charge in [0.05, 0.1) is 0 Å². The number of aromatic amines is 1. The number of fused-ring (bicyclic) bond motifs is 1. The van der Waals surface area contributed by atoms with Gasteiger partial charge in [-0.2, -0.15) is 5.21 Å². The van der Waals surface area contributed by atoms with Crippen molar-refractivity contribution in [3.05, 3.63) is 16.7 Å². The van der Waals surface area contributed by atoms with Gasteiger partial charge in [-0.15, -0.1) is 10.2 Å². The summed E-state index contributed by atoms with van der Waals surface area (Å²) in [5.74, 6) is 0. The Hall–Kier alpha value is -1.72. The molecular weight excluding hydrogens is 182 g/mol. The highest BCUT2D eigenvalue weighted by Gasteiger charge is 2.06. The van der Waals surface area contributed by atoms with Crippen molar-refractivity contribution < 1.29 is 0 Å². The summed E-state index contributed by atoms with van der Waals surface area (Å²) in [4.78, 5) is 15.7. The molecule has 2 aromatic heterocycles. The predicted octanol–water partition coefficient (Wildman–Crippen LogP) is 0.315. The van der Waals surface area contributed by atoms with E-state index in [0.717, 1.165) is 12.8 Å². The summed E-state index contributed by atoms with van der Waals surface area (Å²) in [6, 6.07) is 0. The Bertz CT molecular complexity index is 486. The molecule has 0 bridgehead atoms. The van der Waals surface area contributed by atoms with E-state index >= 15 is 0 Å². The number of aryl methyl sites for hydroxylation is 1. The van der Waals surface area contributed by atoms with Gasteiger partial charge in [0.15, 0.2) is 5.52 Å².